The second-order valence-electron chi connectivity index (χ2n) is 1.34. The molecule has 0 amide bonds. The van der Waals surface area contributed by atoms with E-state index in [2.05, 4.69) is 4.74 Å². The fourth-order valence-electron chi connectivity index (χ4n) is 0.356. The lowest BCUT2D eigenvalue weighted by atomic mass is 10.8. The Labute approximate surface area is 51.4 Å². The third-order valence-corrected chi connectivity index (χ3v) is 1.27. The Balaban J connectivity index is 3.06. The molecule has 0 saturated heterocycles. The third-order valence-electron chi connectivity index (χ3n) is 0.626. The molecule has 0 aromatic carbocycles. The van der Waals surface area contributed by atoms with Crippen LogP contribution in [0.2, 0.25) is 0 Å². The molecule has 3 heteroatoms. The van der Waals surface area contributed by atoms with Crippen LogP contribution in [-0.4, -0.2) is 25.4 Å². The van der Waals surface area contributed by atoms with Crippen LogP contribution < -0.4 is 0 Å². The largest absolute Gasteiger partial charge is 0.466 e. The number of hydrogen-bond acceptors (Lipinski definition) is 2. The smallest absolute Gasteiger partial charge is 0.309 e. The Bertz CT molecular complexity index is 64.8. The van der Waals surface area contributed by atoms with E-state index in [1.165, 1.54) is 0 Å². The first-order valence-electron chi connectivity index (χ1n) is 2.61. The topological polar surface area (TPSA) is 26.3 Å². The summed E-state index contributed by atoms with van der Waals surface area (Å²) in [5.74, 6) is -0.0756. The predicted molar refractivity (Wildman–Crippen MR) is 35.7 cm³/mol. The molecule has 0 radical (unpaired) electrons. The van der Waals surface area contributed by atoms with Gasteiger partial charge in [-0.3, -0.25) is 4.79 Å². The summed E-state index contributed by atoms with van der Waals surface area (Å²) in [4.78, 5) is 10.4. The van der Waals surface area contributed by atoms with Crippen LogP contribution in [0, 0.1) is 0 Å². The van der Waals surface area contributed by atoms with Gasteiger partial charge in [0.1, 0.15) is 0 Å². The van der Waals surface area contributed by atoms with E-state index in [1.54, 1.807) is 0 Å². The first kappa shape index (κ1) is 7.90. The Morgan fingerprint density at radius 3 is 2.75 bits per heavy atom. The molecule has 0 bridgehead atoms. The molecule has 48 valence electrons. The summed E-state index contributed by atoms with van der Waals surface area (Å²) in [7, 11) is 0.673. The molecule has 0 spiro atoms. The standard InChI is InChI=1S/C5H11O2P/c1-3-7-5(6)4-8-2/h8H,3-4H2,1-2H3. The highest BCUT2D eigenvalue weighted by molar-refractivity contribution is 7.38. The van der Waals surface area contributed by atoms with Crippen molar-refractivity contribution in [2.45, 2.75) is 6.92 Å². The van der Waals surface area contributed by atoms with E-state index >= 15 is 0 Å². The number of rotatable bonds is 3. The molecule has 2 nitrogen and oxygen atoms in total. The van der Waals surface area contributed by atoms with Crippen molar-refractivity contribution in [2.24, 2.45) is 0 Å². The van der Waals surface area contributed by atoms with Crippen molar-refractivity contribution in [3.63, 3.8) is 0 Å². The highest BCUT2D eigenvalue weighted by Crippen LogP contribution is 2.00. The van der Waals surface area contributed by atoms with Crippen LogP contribution in [-0.2, 0) is 9.53 Å². The molecule has 0 aromatic heterocycles. The minimum absolute atomic E-state index is 0.0756. The summed E-state index contributed by atoms with van der Waals surface area (Å²) < 4.78 is 4.65. The molecule has 0 aliphatic heterocycles. The van der Waals surface area contributed by atoms with Gasteiger partial charge in [0.05, 0.1) is 12.8 Å². The second-order valence-corrected chi connectivity index (χ2v) is 2.40. The lowest BCUT2D eigenvalue weighted by molar-refractivity contribution is -0.139. The van der Waals surface area contributed by atoms with Crippen LogP contribution in [0.1, 0.15) is 6.92 Å². The number of carbonyl (C=O) groups is 1. The van der Waals surface area contributed by atoms with E-state index in [4.69, 9.17) is 0 Å². The summed E-state index contributed by atoms with van der Waals surface area (Å²) in [5.41, 5.74) is 0. The van der Waals surface area contributed by atoms with Crippen molar-refractivity contribution < 1.29 is 9.53 Å². The Hall–Kier alpha value is -0.100. The first-order chi connectivity index (χ1) is 3.81. The van der Waals surface area contributed by atoms with Crippen LogP contribution in [0.25, 0.3) is 0 Å². The lowest BCUT2D eigenvalue weighted by Gasteiger charge is -1.96. The van der Waals surface area contributed by atoms with Gasteiger partial charge in [-0.15, -0.1) is 8.58 Å². The molecule has 0 aliphatic rings. The fourth-order valence-corrected chi connectivity index (χ4v) is 0.747. The zero-order chi connectivity index (χ0) is 6.41. The minimum Gasteiger partial charge on any atom is -0.466 e. The van der Waals surface area contributed by atoms with E-state index in [0.29, 0.717) is 21.3 Å². The molecule has 0 N–H and O–H groups in total. The maximum absolute atomic E-state index is 10.4. The molecular weight excluding hydrogens is 123 g/mol. The summed E-state index contributed by atoms with van der Waals surface area (Å²) in [5, 5.41) is 0. The molecule has 0 aliphatic carbocycles. The van der Waals surface area contributed by atoms with Gasteiger partial charge in [0.2, 0.25) is 0 Å². The lowest BCUT2D eigenvalue weighted by Crippen LogP contribution is -2.04. The monoisotopic (exact) mass is 134 g/mol. The second kappa shape index (κ2) is 5.04. The molecule has 1 unspecified atom stereocenters. The van der Waals surface area contributed by atoms with Gasteiger partial charge in [-0.2, -0.15) is 0 Å². The molecule has 0 aromatic rings. The average Bonchev–Trinajstić information content (AvgIpc) is 1.68. The molecule has 0 rings (SSSR count). The van der Waals surface area contributed by atoms with Gasteiger partial charge in [-0.25, -0.2) is 0 Å². The maximum atomic E-state index is 10.4. The predicted octanol–water partition coefficient (Wildman–Crippen LogP) is 0.858. The van der Waals surface area contributed by atoms with Gasteiger partial charge in [0, 0.05) is 0 Å². The van der Waals surface area contributed by atoms with Gasteiger partial charge in [0.25, 0.3) is 0 Å². The van der Waals surface area contributed by atoms with Gasteiger partial charge in [-0.1, -0.05) is 0 Å². The number of esters is 1. The summed E-state index contributed by atoms with van der Waals surface area (Å²) in [6, 6.07) is 0. The Morgan fingerprint density at radius 1 is 1.75 bits per heavy atom. The highest BCUT2D eigenvalue weighted by Gasteiger charge is 1.95. The van der Waals surface area contributed by atoms with Crippen molar-refractivity contribution in [1.29, 1.82) is 0 Å². The number of carbonyl (C=O) groups excluding carboxylic acids is 1. The van der Waals surface area contributed by atoms with E-state index in [-0.39, 0.29) is 5.97 Å². The molecule has 1 atom stereocenters. The first-order valence-corrected chi connectivity index (χ1v) is 4.32. The van der Waals surface area contributed by atoms with E-state index in [9.17, 15) is 4.79 Å². The molecular formula is C5H11O2P. The fraction of sp³-hybridized carbons (Fsp3) is 0.800. The normalized spacial score (nSPS) is 10.2. The zero-order valence-corrected chi connectivity index (χ0v) is 6.23. The maximum Gasteiger partial charge on any atom is 0.309 e. The number of ether oxygens (including phenoxy) is 1. The van der Waals surface area contributed by atoms with Crippen LogP contribution in [0.15, 0.2) is 0 Å². The van der Waals surface area contributed by atoms with E-state index in [1.807, 2.05) is 13.6 Å². The Morgan fingerprint density at radius 2 is 2.38 bits per heavy atom. The molecule has 0 heterocycles. The third kappa shape index (κ3) is 4.07. The van der Waals surface area contributed by atoms with Crippen LogP contribution in [0.4, 0.5) is 0 Å². The van der Waals surface area contributed by atoms with Crippen molar-refractivity contribution >= 4 is 14.6 Å². The minimum atomic E-state index is -0.0756. The summed E-state index contributed by atoms with van der Waals surface area (Å²) >= 11 is 0. The molecule has 0 fully saturated rings. The van der Waals surface area contributed by atoms with Crippen molar-refractivity contribution in [1.82, 2.24) is 0 Å². The summed E-state index contributed by atoms with van der Waals surface area (Å²) in [6.07, 6.45) is 0.577. The van der Waals surface area contributed by atoms with Gasteiger partial charge in [-0.05, 0) is 13.6 Å². The van der Waals surface area contributed by atoms with Crippen LogP contribution >= 0.6 is 8.58 Å². The average molecular weight is 134 g/mol. The van der Waals surface area contributed by atoms with Gasteiger partial charge >= 0.3 is 5.97 Å². The number of hydrogen-bond donors (Lipinski definition) is 0. The quantitative estimate of drug-likeness (QED) is 0.422. The van der Waals surface area contributed by atoms with Gasteiger partial charge < -0.3 is 4.74 Å². The SMILES string of the molecule is CCOC(=O)CPC. The van der Waals surface area contributed by atoms with Crippen molar-refractivity contribution in [2.75, 3.05) is 19.4 Å². The Kier molecular flexibility index (Phi) is 4.98. The summed E-state index contributed by atoms with van der Waals surface area (Å²) in [6.45, 7) is 4.30. The van der Waals surface area contributed by atoms with Crippen molar-refractivity contribution in [3.8, 4) is 0 Å². The highest BCUT2D eigenvalue weighted by atomic mass is 31.1. The van der Waals surface area contributed by atoms with E-state index < -0.39 is 0 Å². The zero-order valence-electron chi connectivity index (χ0n) is 5.23. The molecule has 8 heavy (non-hydrogen) atoms. The van der Waals surface area contributed by atoms with Crippen LogP contribution in [0.3, 0.4) is 0 Å². The van der Waals surface area contributed by atoms with Gasteiger partial charge in [0.15, 0.2) is 0 Å². The van der Waals surface area contributed by atoms with Crippen LogP contribution in [0.5, 0.6) is 0 Å². The molecule has 0 saturated carbocycles. The van der Waals surface area contributed by atoms with E-state index in [0.717, 1.165) is 0 Å². The van der Waals surface area contributed by atoms with Crippen molar-refractivity contribution in [3.05, 3.63) is 0 Å².